The molecule has 1 saturated heterocycles. The monoisotopic (exact) mass is 257 g/mol. The van der Waals surface area contributed by atoms with Crippen molar-refractivity contribution in [3.8, 4) is 0 Å². The van der Waals surface area contributed by atoms with E-state index in [2.05, 4.69) is 6.58 Å². The van der Waals surface area contributed by atoms with E-state index in [1.165, 1.54) is 6.20 Å². The van der Waals surface area contributed by atoms with Crippen LogP contribution in [0.3, 0.4) is 0 Å². The second-order valence-electron chi connectivity index (χ2n) is 4.76. The highest BCUT2D eigenvalue weighted by Gasteiger charge is 2.56. The Labute approximate surface area is 104 Å². The minimum Gasteiger partial charge on any atom is -0.394 e. The third kappa shape index (κ3) is 1.96. The molecule has 0 saturated carbocycles. The summed E-state index contributed by atoms with van der Waals surface area (Å²) >= 11 is 0. The number of allylic oxidation sites excluding steroid dienone is 1. The fraction of sp³-hybridized carbons (Fsp3) is 0.583. The Balaban J connectivity index is 2.26. The number of nitrogens with zero attached hydrogens (tertiary/aromatic N) is 1. The SMILES string of the molecule is C=C1C=CN([C@@H]2OC(CO)[C@@H](O)[C@@]2(C)F)C(=O)C1. The summed E-state index contributed by atoms with van der Waals surface area (Å²) in [7, 11) is 0. The first-order chi connectivity index (χ1) is 8.37. The second-order valence-corrected chi connectivity index (χ2v) is 4.76. The van der Waals surface area contributed by atoms with Crippen LogP contribution in [0.15, 0.2) is 24.4 Å². The molecule has 1 amide bonds. The molecule has 0 radical (unpaired) electrons. The highest BCUT2D eigenvalue weighted by Crippen LogP contribution is 2.37. The van der Waals surface area contributed by atoms with Crippen molar-refractivity contribution >= 4 is 5.91 Å². The fourth-order valence-electron chi connectivity index (χ4n) is 2.19. The van der Waals surface area contributed by atoms with Gasteiger partial charge in [0.2, 0.25) is 5.91 Å². The van der Waals surface area contributed by atoms with Gasteiger partial charge in [0.05, 0.1) is 13.0 Å². The van der Waals surface area contributed by atoms with Crippen molar-refractivity contribution in [1.82, 2.24) is 4.90 Å². The molecule has 1 fully saturated rings. The third-order valence-corrected chi connectivity index (χ3v) is 3.29. The molecular formula is C12H16FNO4. The zero-order chi connectivity index (χ0) is 13.5. The normalized spacial score (nSPS) is 40.7. The van der Waals surface area contributed by atoms with Crippen molar-refractivity contribution in [1.29, 1.82) is 0 Å². The van der Waals surface area contributed by atoms with E-state index in [1.54, 1.807) is 6.08 Å². The quantitative estimate of drug-likeness (QED) is 0.736. The van der Waals surface area contributed by atoms with Crippen molar-refractivity contribution in [2.24, 2.45) is 0 Å². The van der Waals surface area contributed by atoms with Crippen molar-refractivity contribution < 1.29 is 24.1 Å². The first-order valence-corrected chi connectivity index (χ1v) is 5.68. The van der Waals surface area contributed by atoms with Crippen LogP contribution in [0.1, 0.15) is 13.3 Å². The standard InChI is InChI=1S/C12H16FNO4/c1-7-3-4-14(9(16)5-7)11-12(2,13)10(17)8(6-15)18-11/h3-4,8,10-11,15,17H,1,5-6H2,2H3/t8?,10-,11-,12-/m1/s1. The highest BCUT2D eigenvalue weighted by molar-refractivity contribution is 5.82. The van der Waals surface area contributed by atoms with E-state index in [1.807, 2.05) is 0 Å². The van der Waals surface area contributed by atoms with Gasteiger partial charge in [-0.3, -0.25) is 9.69 Å². The van der Waals surface area contributed by atoms with Crippen LogP contribution in [0.5, 0.6) is 0 Å². The highest BCUT2D eigenvalue weighted by atomic mass is 19.1. The summed E-state index contributed by atoms with van der Waals surface area (Å²) in [6, 6.07) is 0. The summed E-state index contributed by atoms with van der Waals surface area (Å²) in [6.45, 7) is 4.30. The number of halogens is 1. The second kappa shape index (κ2) is 4.46. The van der Waals surface area contributed by atoms with Gasteiger partial charge in [-0.25, -0.2) is 4.39 Å². The number of aliphatic hydroxyl groups excluding tert-OH is 2. The Kier molecular flexibility index (Phi) is 3.27. The maximum absolute atomic E-state index is 14.4. The van der Waals surface area contributed by atoms with Crippen molar-refractivity contribution in [3.05, 3.63) is 24.4 Å². The van der Waals surface area contributed by atoms with Gasteiger partial charge in [-0.15, -0.1) is 0 Å². The van der Waals surface area contributed by atoms with Gasteiger partial charge in [0.15, 0.2) is 11.9 Å². The number of carbonyl (C=O) groups excluding carboxylic acids is 1. The Morgan fingerprint density at radius 3 is 2.89 bits per heavy atom. The lowest BCUT2D eigenvalue weighted by atomic mass is 9.97. The van der Waals surface area contributed by atoms with Gasteiger partial charge in [-0.05, 0) is 18.6 Å². The zero-order valence-corrected chi connectivity index (χ0v) is 10.0. The number of carbonyl (C=O) groups is 1. The molecule has 2 rings (SSSR count). The Hall–Kier alpha value is -1.24. The van der Waals surface area contributed by atoms with Crippen LogP contribution >= 0.6 is 0 Å². The van der Waals surface area contributed by atoms with E-state index in [0.29, 0.717) is 5.57 Å². The topological polar surface area (TPSA) is 70.0 Å². The summed E-state index contributed by atoms with van der Waals surface area (Å²) in [4.78, 5) is 12.9. The van der Waals surface area contributed by atoms with E-state index >= 15 is 0 Å². The van der Waals surface area contributed by atoms with Gasteiger partial charge in [-0.1, -0.05) is 6.58 Å². The third-order valence-electron chi connectivity index (χ3n) is 3.29. The number of hydrogen-bond acceptors (Lipinski definition) is 4. The molecule has 0 aromatic heterocycles. The van der Waals surface area contributed by atoms with Crippen molar-refractivity contribution in [2.75, 3.05) is 6.61 Å². The lowest BCUT2D eigenvalue weighted by Gasteiger charge is -2.33. The van der Waals surface area contributed by atoms with Crippen molar-refractivity contribution in [3.63, 3.8) is 0 Å². The molecule has 0 aliphatic carbocycles. The van der Waals surface area contributed by atoms with Crippen LogP contribution in [-0.2, 0) is 9.53 Å². The largest absolute Gasteiger partial charge is 0.394 e. The molecule has 2 heterocycles. The van der Waals surface area contributed by atoms with Gasteiger partial charge in [-0.2, -0.15) is 0 Å². The van der Waals surface area contributed by atoms with Crippen molar-refractivity contribution in [2.45, 2.75) is 37.4 Å². The molecule has 0 aromatic rings. The number of aliphatic hydroxyl groups is 2. The number of hydrogen-bond donors (Lipinski definition) is 2. The summed E-state index contributed by atoms with van der Waals surface area (Å²) in [5, 5.41) is 18.7. The van der Waals surface area contributed by atoms with Gasteiger partial charge in [0.25, 0.3) is 0 Å². The van der Waals surface area contributed by atoms with E-state index in [4.69, 9.17) is 9.84 Å². The van der Waals surface area contributed by atoms with E-state index in [-0.39, 0.29) is 12.3 Å². The molecule has 4 atom stereocenters. The average Bonchev–Trinajstić information content (AvgIpc) is 2.52. The fourth-order valence-corrected chi connectivity index (χ4v) is 2.19. The Morgan fingerprint density at radius 2 is 2.39 bits per heavy atom. The minimum absolute atomic E-state index is 0.0896. The van der Waals surface area contributed by atoms with Crippen LogP contribution in [0.25, 0.3) is 0 Å². The maximum Gasteiger partial charge on any atom is 0.233 e. The average molecular weight is 257 g/mol. The zero-order valence-electron chi connectivity index (χ0n) is 10.0. The summed E-state index contributed by atoms with van der Waals surface area (Å²) < 4.78 is 19.7. The Morgan fingerprint density at radius 1 is 1.72 bits per heavy atom. The van der Waals surface area contributed by atoms with E-state index in [0.717, 1.165) is 11.8 Å². The lowest BCUT2D eigenvalue weighted by molar-refractivity contribution is -0.148. The van der Waals surface area contributed by atoms with Gasteiger partial charge in [0, 0.05) is 6.20 Å². The van der Waals surface area contributed by atoms with Crippen LogP contribution in [-0.4, -0.2) is 51.7 Å². The molecular weight excluding hydrogens is 241 g/mol. The smallest absolute Gasteiger partial charge is 0.233 e. The molecule has 2 aliphatic heterocycles. The predicted octanol–water partition coefficient (Wildman–Crippen LogP) is 0.0949. The molecule has 18 heavy (non-hydrogen) atoms. The molecule has 2 aliphatic rings. The summed E-state index contributed by atoms with van der Waals surface area (Å²) in [5.74, 6) is -0.345. The van der Waals surface area contributed by atoms with Crippen LogP contribution in [0.2, 0.25) is 0 Å². The number of alkyl halides is 1. The van der Waals surface area contributed by atoms with E-state index in [9.17, 15) is 14.3 Å². The van der Waals surface area contributed by atoms with Gasteiger partial charge >= 0.3 is 0 Å². The number of amides is 1. The number of rotatable bonds is 2. The Bertz CT molecular complexity index is 407. The van der Waals surface area contributed by atoms with Gasteiger partial charge in [0.1, 0.15) is 12.2 Å². The molecule has 6 heteroatoms. The first kappa shape index (κ1) is 13.2. The predicted molar refractivity (Wildman–Crippen MR) is 61.0 cm³/mol. The maximum atomic E-state index is 14.4. The molecule has 0 spiro atoms. The van der Waals surface area contributed by atoms with Crippen LogP contribution in [0.4, 0.5) is 4.39 Å². The lowest BCUT2D eigenvalue weighted by Crippen LogP contribution is -2.50. The van der Waals surface area contributed by atoms with Crippen LogP contribution < -0.4 is 0 Å². The molecule has 2 N–H and O–H groups in total. The molecule has 1 unspecified atom stereocenters. The molecule has 100 valence electrons. The number of ether oxygens (including phenoxy) is 1. The molecule has 0 aromatic carbocycles. The van der Waals surface area contributed by atoms with Crippen LogP contribution in [0, 0.1) is 0 Å². The minimum atomic E-state index is -2.13. The summed E-state index contributed by atoms with van der Waals surface area (Å²) in [6.07, 6.45) is -0.661. The molecule has 0 bridgehead atoms. The van der Waals surface area contributed by atoms with E-state index < -0.39 is 30.7 Å². The van der Waals surface area contributed by atoms with Gasteiger partial charge < -0.3 is 14.9 Å². The summed E-state index contributed by atoms with van der Waals surface area (Å²) in [5.41, 5.74) is -1.50. The first-order valence-electron chi connectivity index (χ1n) is 5.68. The molecule has 5 nitrogen and oxygen atoms in total.